The molecule has 2 nitrogen and oxygen atoms in total. The minimum absolute atomic E-state index is 0.544. The van der Waals surface area contributed by atoms with E-state index in [2.05, 4.69) is 37.3 Å². The average Bonchev–Trinajstić information content (AvgIpc) is 2.21. The summed E-state index contributed by atoms with van der Waals surface area (Å²) >= 11 is 1.87. The first-order chi connectivity index (χ1) is 7.06. The summed E-state index contributed by atoms with van der Waals surface area (Å²) in [6.45, 7) is 4.29. The van der Waals surface area contributed by atoms with E-state index in [1.54, 1.807) is 0 Å². The van der Waals surface area contributed by atoms with E-state index in [0.717, 1.165) is 17.0 Å². The highest BCUT2D eigenvalue weighted by Crippen LogP contribution is 2.21. The van der Waals surface area contributed by atoms with Crippen molar-refractivity contribution in [1.82, 2.24) is 0 Å². The first-order valence-electron chi connectivity index (χ1n) is 5.14. The molecule has 0 amide bonds. The van der Waals surface area contributed by atoms with Crippen molar-refractivity contribution in [3.05, 3.63) is 23.8 Å². The number of thioether (sulfide) groups is 1. The molecule has 0 radical (unpaired) electrons. The number of hydrogen-bond donors (Lipinski definition) is 1. The van der Waals surface area contributed by atoms with Gasteiger partial charge >= 0.3 is 0 Å². The van der Waals surface area contributed by atoms with Crippen molar-refractivity contribution < 1.29 is 0 Å². The largest absolute Gasteiger partial charge is 0.399 e. The second-order valence-corrected chi connectivity index (χ2v) is 4.87. The van der Waals surface area contributed by atoms with Gasteiger partial charge in [-0.05, 0) is 43.9 Å². The molecule has 3 heteroatoms. The Morgan fingerprint density at radius 2 is 2.13 bits per heavy atom. The number of nitrogen functional groups attached to an aromatic ring is 1. The van der Waals surface area contributed by atoms with E-state index in [0.29, 0.717) is 6.04 Å². The Bertz CT molecular complexity index is 325. The van der Waals surface area contributed by atoms with Crippen LogP contribution in [-0.4, -0.2) is 25.1 Å². The lowest BCUT2D eigenvalue weighted by molar-refractivity contribution is 0.765. The zero-order valence-corrected chi connectivity index (χ0v) is 10.8. The van der Waals surface area contributed by atoms with Gasteiger partial charge in [-0.1, -0.05) is 0 Å². The van der Waals surface area contributed by atoms with Crippen LogP contribution in [0.4, 0.5) is 11.4 Å². The molecule has 0 aromatic heterocycles. The molecule has 1 atom stereocenters. The number of nitrogens with zero attached hydrogens (tertiary/aromatic N) is 1. The number of nitrogens with two attached hydrogens (primary N) is 1. The highest BCUT2D eigenvalue weighted by Gasteiger charge is 2.09. The van der Waals surface area contributed by atoms with Crippen LogP contribution in [0.3, 0.4) is 0 Å². The van der Waals surface area contributed by atoms with Gasteiger partial charge in [-0.3, -0.25) is 0 Å². The van der Waals surface area contributed by atoms with E-state index in [-0.39, 0.29) is 0 Å². The molecule has 0 spiro atoms. The second kappa shape index (κ2) is 5.31. The van der Waals surface area contributed by atoms with Gasteiger partial charge in [0, 0.05) is 30.2 Å². The molecule has 0 bridgehead atoms. The van der Waals surface area contributed by atoms with Gasteiger partial charge in [0.1, 0.15) is 0 Å². The Balaban J connectivity index is 2.81. The molecule has 0 fully saturated rings. The first kappa shape index (κ1) is 12.2. The van der Waals surface area contributed by atoms with E-state index in [9.17, 15) is 0 Å². The van der Waals surface area contributed by atoms with Crippen molar-refractivity contribution in [3.63, 3.8) is 0 Å². The lowest BCUT2D eigenvalue weighted by Gasteiger charge is -2.27. The molecule has 0 aliphatic carbocycles. The molecule has 0 aliphatic rings. The van der Waals surface area contributed by atoms with Gasteiger partial charge in [-0.2, -0.15) is 11.8 Å². The smallest absolute Gasteiger partial charge is 0.0370 e. The van der Waals surface area contributed by atoms with E-state index >= 15 is 0 Å². The van der Waals surface area contributed by atoms with Crippen LogP contribution in [0.15, 0.2) is 18.2 Å². The maximum Gasteiger partial charge on any atom is 0.0370 e. The Hall–Kier alpha value is -0.830. The van der Waals surface area contributed by atoms with Gasteiger partial charge in [0.25, 0.3) is 0 Å². The van der Waals surface area contributed by atoms with Crippen LogP contribution in [0.1, 0.15) is 12.5 Å². The highest BCUT2D eigenvalue weighted by molar-refractivity contribution is 7.98. The predicted molar refractivity (Wildman–Crippen MR) is 71.8 cm³/mol. The number of anilines is 2. The third kappa shape index (κ3) is 3.06. The molecular weight excluding hydrogens is 204 g/mol. The van der Waals surface area contributed by atoms with Crippen molar-refractivity contribution in [3.8, 4) is 0 Å². The summed E-state index contributed by atoms with van der Waals surface area (Å²) < 4.78 is 0. The summed E-state index contributed by atoms with van der Waals surface area (Å²) in [6.07, 6.45) is 2.14. The monoisotopic (exact) mass is 224 g/mol. The summed E-state index contributed by atoms with van der Waals surface area (Å²) in [4.78, 5) is 2.29. The summed E-state index contributed by atoms with van der Waals surface area (Å²) in [5, 5.41) is 0. The Kier molecular flexibility index (Phi) is 4.33. The van der Waals surface area contributed by atoms with Gasteiger partial charge in [0.2, 0.25) is 0 Å². The summed E-state index contributed by atoms with van der Waals surface area (Å²) in [7, 11) is 2.13. The third-order valence-electron chi connectivity index (χ3n) is 2.73. The van der Waals surface area contributed by atoms with Crippen LogP contribution in [0.25, 0.3) is 0 Å². The summed E-state index contributed by atoms with van der Waals surface area (Å²) in [5.41, 5.74) is 9.05. The quantitative estimate of drug-likeness (QED) is 0.797. The number of aryl methyl sites for hydroxylation is 1. The Labute approximate surface area is 96.8 Å². The van der Waals surface area contributed by atoms with E-state index in [4.69, 9.17) is 5.73 Å². The minimum atomic E-state index is 0.544. The lowest BCUT2D eigenvalue weighted by Crippen LogP contribution is -2.30. The fraction of sp³-hybridized carbons (Fsp3) is 0.500. The summed E-state index contributed by atoms with van der Waals surface area (Å²) in [6, 6.07) is 6.75. The van der Waals surface area contributed by atoms with Gasteiger partial charge in [0.05, 0.1) is 0 Å². The highest BCUT2D eigenvalue weighted by atomic mass is 32.2. The van der Waals surface area contributed by atoms with Crippen molar-refractivity contribution in [1.29, 1.82) is 0 Å². The molecule has 0 saturated carbocycles. The number of rotatable bonds is 4. The molecule has 1 unspecified atom stereocenters. The van der Waals surface area contributed by atoms with Crippen LogP contribution >= 0.6 is 11.8 Å². The van der Waals surface area contributed by atoms with Crippen molar-refractivity contribution >= 4 is 23.1 Å². The van der Waals surface area contributed by atoms with Crippen molar-refractivity contribution in [2.75, 3.05) is 29.7 Å². The average molecular weight is 224 g/mol. The number of hydrogen-bond acceptors (Lipinski definition) is 3. The fourth-order valence-electron chi connectivity index (χ4n) is 1.49. The van der Waals surface area contributed by atoms with Gasteiger partial charge in [-0.15, -0.1) is 0 Å². The molecule has 1 rings (SSSR count). The molecule has 1 aromatic carbocycles. The lowest BCUT2D eigenvalue weighted by atomic mass is 10.1. The molecular formula is C12H20N2S. The Morgan fingerprint density at radius 3 is 2.67 bits per heavy atom. The summed E-state index contributed by atoms with van der Waals surface area (Å²) in [5.74, 6) is 1.14. The maximum atomic E-state index is 5.80. The van der Waals surface area contributed by atoms with E-state index in [1.165, 1.54) is 5.69 Å². The van der Waals surface area contributed by atoms with E-state index in [1.807, 2.05) is 24.8 Å². The SMILES string of the molecule is CSCC(C)N(C)c1ccc(N)c(C)c1. The fourth-order valence-corrected chi connectivity index (χ4v) is 2.19. The minimum Gasteiger partial charge on any atom is -0.399 e. The third-order valence-corrected chi connectivity index (χ3v) is 3.55. The van der Waals surface area contributed by atoms with Gasteiger partial charge in [-0.25, -0.2) is 0 Å². The van der Waals surface area contributed by atoms with Crippen molar-refractivity contribution in [2.45, 2.75) is 19.9 Å². The van der Waals surface area contributed by atoms with Crippen LogP contribution in [-0.2, 0) is 0 Å². The normalized spacial score (nSPS) is 12.5. The Morgan fingerprint density at radius 1 is 1.47 bits per heavy atom. The zero-order chi connectivity index (χ0) is 11.4. The molecule has 15 heavy (non-hydrogen) atoms. The zero-order valence-electron chi connectivity index (χ0n) is 9.95. The van der Waals surface area contributed by atoms with E-state index < -0.39 is 0 Å². The molecule has 84 valence electrons. The molecule has 0 heterocycles. The molecule has 0 aliphatic heterocycles. The molecule has 0 saturated heterocycles. The maximum absolute atomic E-state index is 5.80. The van der Waals surface area contributed by atoms with Crippen LogP contribution in [0, 0.1) is 6.92 Å². The molecule has 2 N–H and O–H groups in total. The second-order valence-electron chi connectivity index (χ2n) is 3.96. The van der Waals surface area contributed by atoms with Gasteiger partial charge in [0.15, 0.2) is 0 Å². The first-order valence-corrected chi connectivity index (χ1v) is 6.53. The van der Waals surface area contributed by atoms with Crippen LogP contribution in [0.5, 0.6) is 0 Å². The molecule has 1 aromatic rings. The van der Waals surface area contributed by atoms with Crippen molar-refractivity contribution in [2.24, 2.45) is 0 Å². The predicted octanol–water partition coefficient (Wildman–Crippen LogP) is 2.76. The topological polar surface area (TPSA) is 29.3 Å². The van der Waals surface area contributed by atoms with Gasteiger partial charge < -0.3 is 10.6 Å². The standard InChI is InChI=1S/C12H20N2S/c1-9-7-11(5-6-12(9)13)14(3)10(2)8-15-4/h5-7,10H,8,13H2,1-4H3. The van der Waals surface area contributed by atoms with Crippen LogP contribution < -0.4 is 10.6 Å². The van der Waals surface area contributed by atoms with Crippen LogP contribution in [0.2, 0.25) is 0 Å². The number of benzene rings is 1.